The van der Waals surface area contributed by atoms with Crippen LogP contribution >= 0.6 is 0 Å². The minimum atomic E-state index is 0.0152. The van der Waals surface area contributed by atoms with Crippen molar-refractivity contribution in [1.29, 1.82) is 0 Å². The molecular weight excluding hydrogens is 238 g/mol. The van der Waals surface area contributed by atoms with Crippen LogP contribution < -0.4 is 5.32 Å². The molecule has 1 amide bonds. The number of hydrogen-bond donors (Lipinski definition) is 1. The maximum atomic E-state index is 12.3. The Labute approximate surface area is 112 Å². The average molecular weight is 257 g/mol. The summed E-state index contributed by atoms with van der Waals surface area (Å²) in [4.78, 5) is 16.7. The summed E-state index contributed by atoms with van der Waals surface area (Å²) in [5, 5.41) is 2.99. The minimum absolute atomic E-state index is 0.0152. The molecule has 1 heterocycles. The van der Waals surface area contributed by atoms with Gasteiger partial charge in [-0.25, -0.2) is 4.98 Å². The quantitative estimate of drug-likeness (QED) is 0.837. The van der Waals surface area contributed by atoms with E-state index in [4.69, 9.17) is 0 Å². The van der Waals surface area contributed by atoms with Crippen LogP contribution in [0.2, 0.25) is 0 Å². The van der Waals surface area contributed by atoms with Crippen molar-refractivity contribution < 1.29 is 4.79 Å². The van der Waals surface area contributed by atoms with Crippen molar-refractivity contribution in [3.05, 3.63) is 30.1 Å². The summed E-state index contributed by atoms with van der Waals surface area (Å²) in [6.07, 6.45) is 6.35. The van der Waals surface area contributed by atoms with Gasteiger partial charge in [0.15, 0.2) is 0 Å². The molecule has 1 fully saturated rings. The molecule has 4 heteroatoms. The van der Waals surface area contributed by atoms with E-state index in [-0.39, 0.29) is 5.91 Å². The Morgan fingerprint density at radius 1 is 1.47 bits per heavy atom. The second kappa shape index (κ2) is 5.03. The number of aromatic nitrogens is 2. The van der Waals surface area contributed by atoms with Gasteiger partial charge in [-0.3, -0.25) is 4.79 Å². The van der Waals surface area contributed by atoms with E-state index in [0.717, 1.165) is 36.0 Å². The predicted octanol–water partition coefficient (Wildman–Crippen LogP) is 2.90. The molecule has 0 atom stereocenters. The smallest absolute Gasteiger partial charge is 0.253 e. The zero-order valence-corrected chi connectivity index (χ0v) is 11.2. The third-order valence-corrected chi connectivity index (χ3v) is 3.59. The van der Waals surface area contributed by atoms with Gasteiger partial charge < -0.3 is 9.88 Å². The lowest BCUT2D eigenvalue weighted by Crippen LogP contribution is -2.24. The molecule has 0 saturated heterocycles. The van der Waals surface area contributed by atoms with Crippen molar-refractivity contribution in [2.24, 2.45) is 0 Å². The largest absolute Gasteiger partial charge is 0.352 e. The van der Waals surface area contributed by atoms with Crippen LogP contribution in [0.15, 0.2) is 24.5 Å². The molecule has 0 aliphatic heterocycles. The van der Waals surface area contributed by atoms with Gasteiger partial charge in [0.1, 0.15) is 0 Å². The van der Waals surface area contributed by atoms with E-state index < -0.39 is 0 Å². The average Bonchev–Trinajstić information content (AvgIpc) is 3.18. The van der Waals surface area contributed by atoms with Crippen molar-refractivity contribution in [3.8, 4) is 0 Å². The number of nitrogens with one attached hydrogen (secondary N) is 1. The molecule has 1 N–H and O–H groups in total. The number of imidazole rings is 1. The first-order valence-corrected chi connectivity index (χ1v) is 7.05. The number of amides is 1. The second-order valence-corrected chi connectivity index (χ2v) is 5.17. The summed E-state index contributed by atoms with van der Waals surface area (Å²) in [5.74, 6) is 0.0152. The van der Waals surface area contributed by atoms with Crippen LogP contribution in [-0.4, -0.2) is 22.0 Å². The molecular formula is C15H19N3O. The Morgan fingerprint density at radius 3 is 3.05 bits per heavy atom. The number of carbonyl (C=O) groups excluding carboxylic acids is 1. The Hall–Kier alpha value is -1.84. The maximum absolute atomic E-state index is 12.3. The molecule has 4 nitrogen and oxygen atoms in total. The molecule has 1 aliphatic carbocycles. The van der Waals surface area contributed by atoms with Crippen molar-refractivity contribution in [3.63, 3.8) is 0 Å². The molecule has 0 bridgehead atoms. The standard InChI is InChI=1S/C15H19N3O/c1-2-3-9-16-15(19)12-5-4-6-13-14(12)18(10-17-13)11-7-8-11/h4-6,10-11H,2-3,7-9H2,1H3,(H,16,19). The lowest BCUT2D eigenvalue weighted by atomic mass is 10.1. The number of benzene rings is 1. The monoisotopic (exact) mass is 257 g/mol. The molecule has 1 aromatic heterocycles. The highest BCUT2D eigenvalue weighted by atomic mass is 16.1. The van der Waals surface area contributed by atoms with E-state index >= 15 is 0 Å². The molecule has 3 rings (SSSR count). The van der Waals surface area contributed by atoms with Crippen LogP contribution in [-0.2, 0) is 0 Å². The van der Waals surface area contributed by atoms with Gasteiger partial charge in [-0.05, 0) is 31.4 Å². The van der Waals surface area contributed by atoms with Crippen LogP contribution in [0.1, 0.15) is 49.0 Å². The molecule has 0 spiro atoms. The summed E-state index contributed by atoms with van der Waals surface area (Å²) in [6.45, 7) is 2.86. The highest BCUT2D eigenvalue weighted by molar-refractivity contribution is 6.05. The number of hydrogen-bond acceptors (Lipinski definition) is 2. The SMILES string of the molecule is CCCCNC(=O)c1cccc2ncn(C3CC3)c12. The van der Waals surface area contributed by atoms with E-state index in [1.54, 1.807) is 0 Å². The van der Waals surface area contributed by atoms with Crippen LogP contribution in [0, 0.1) is 0 Å². The highest BCUT2D eigenvalue weighted by Crippen LogP contribution is 2.37. The molecule has 100 valence electrons. The lowest BCUT2D eigenvalue weighted by Gasteiger charge is -2.08. The van der Waals surface area contributed by atoms with Gasteiger partial charge in [-0.1, -0.05) is 19.4 Å². The fourth-order valence-corrected chi connectivity index (χ4v) is 2.38. The number of fused-ring (bicyclic) bond motifs is 1. The third kappa shape index (κ3) is 2.35. The van der Waals surface area contributed by atoms with Crippen molar-refractivity contribution >= 4 is 16.9 Å². The van der Waals surface area contributed by atoms with Crippen LogP contribution in [0.25, 0.3) is 11.0 Å². The second-order valence-electron chi connectivity index (χ2n) is 5.17. The van der Waals surface area contributed by atoms with Crippen molar-refractivity contribution in [2.45, 2.75) is 38.6 Å². The molecule has 0 radical (unpaired) electrons. The van der Waals surface area contributed by atoms with Gasteiger partial charge in [0, 0.05) is 12.6 Å². The first-order chi connectivity index (χ1) is 9.31. The molecule has 1 saturated carbocycles. The summed E-state index contributed by atoms with van der Waals surface area (Å²) in [7, 11) is 0. The predicted molar refractivity (Wildman–Crippen MR) is 75.2 cm³/mol. The van der Waals surface area contributed by atoms with E-state index in [1.807, 2.05) is 24.5 Å². The fourth-order valence-electron chi connectivity index (χ4n) is 2.38. The normalized spacial score (nSPS) is 14.8. The Kier molecular flexibility index (Phi) is 3.23. The number of nitrogens with zero attached hydrogens (tertiary/aromatic N) is 2. The van der Waals surface area contributed by atoms with Gasteiger partial charge in [-0.15, -0.1) is 0 Å². The van der Waals surface area contributed by atoms with E-state index in [2.05, 4.69) is 21.8 Å². The third-order valence-electron chi connectivity index (χ3n) is 3.59. The summed E-state index contributed by atoms with van der Waals surface area (Å²) in [6, 6.07) is 6.30. The van der Waals surface area contributed by atoms with E-state index in [1.165, 1.54) is 12.8 Å². The lowest BCUT2D eigenvalue weighted by molar-refractivity contribution is 0.0954. The molecule has 1 aliphatic rings. The summed E-state index contributed by atoms with van der Waals surface area (Å²) < 4.78 is 2.16. The highest BCUT2D eigenvalue weighted by Gasteiger charge is 2.26. The molecule has 1 aromatic carbocycles. The molecule has 0 unspecified atom stereocenters. The maximum Gasteiger partial charge on any atom is 0.253 e. The Balaban J connectivity index is 1.93. The van der Waals surface area contributed by atoms with Gasteiger partial charge in [-0.2, -0.15) is 0 Å². The molecule has 2 aromatic rings. The summed E-state index contributed by atoms with van der Waals surface area (Å²) >= 11 is 0. The van der Waals surface area contributed by atoms with Gasteiger partial charge in [0.2, 0.25) is 0 Å². The van der Waals surface area contributed by atoms with Crippen LogP contribution in [0.3, 0.4) is 0 Å². The number of carbonyl (C=O) groups is 1. The summed E-state index contributed by atoms with van der Waals surface area (Å²) in [5.41, 5.74) is 2.65. The number of rotatable bonds is 5. The van der Waals surface area contributed by atoms with E-state index in [0.29, 0.717) is 6.04 Å². The van der Waals surface area contributed by atoms with Gasteiger partial charge >= 0.3 is 0 Å². The first-order valence-electron chi connectivity index (χ1n) is 7.05. The number of para-hydroxylation sites is 1. The van der Waals surface area contributed by atoms with Crippen molar-refractivity contribution in [1.82, 2.24) is 14.9 Å². The molecule has 19 heavy (non-hydrogen) atoms. The van der Waals surface area contributed by atoms with Gasteiger partial charge in [0.25, 0.3) is 5.91 Å². The zero-order valence-electron chi connectivity index (χ0n) is 11.2. The van der Waals surface area contributed by atoms with Crippen molar-refractivity contribution in [2.75, 3.05) is 6.54 Å². The Morgan fingerprint density at radius 2 is 2.32 bits per heavy atom. The fraction of sp³-hybridized carbons (Fsp3) is 0.467. The van der Waals surface area contributed by atoms with Gasteiger partial charge in [0.05, 0.1) is 22.9 Å². The Bertz CT molecular complexity index is 598. The zero-order chi connectivity index (χ0) is 13.2. The van der Waals surface area contributed by atoms with E-state index in [9.17, 15) is 4.79 Å². The first kappa shape index (κ1) is 12.2. The topological polar surface area (TPSA) is 46.9 Å². The number of unbranched alkanes of at least 4 members (excludes halogenated alkanes) is 1. The minimum Gasteiger partial charge on any atom is -0.352 e. The van der Waals surface area contributed by atoms with Crippen LogP contribution in [0.5, 0.6) is 0 Å². The van der Waals surface area contributed by atoms with Crippen LogP contribution in [0.4, 0.5) is 0 Å².